The highest BCUT2D eigenvalue weighted by atomic mass is 32.2. The number of carbonyl (C=O) groups excluding carboxylic acids is 2. The second kappa shape index (κ2) is 9.18. The molecule has 0 aliphatic carbocycles. The van der Waals surface area contributed by atoms with E-state index in [0.717, 1.165) is 0 Å². The average Bonchev–Trinajstić information content (AvgIpc) is 2.54. The second-order valence-corrected chi connectivity index (χ2v) is 9.20. The molecule has 0 spiro atoms. The molecule has 0 aliphatic rings. The van der Waals surface area contributed by atoms with Gasteiger partial charge in [0.25, 0.3) is 0 Å². The van der Waals surface area contributed by atoms with Gasteiger partial charge in [-0.2, -0.15) is 0 Å². The number of hydrogen-bond acceptors (Lipinski definition) is 4. The minimum atomic E-state index is -3.75. The van der Waals surface area contributed by atoms with Gasteiger partial charge in [0.15, 0.2) is 0 Å². The van der Waals surface area contributed by atoms with E-state index in [0.29, 0.717) is 12.0 Å². The van der Waals surface area contributed by atoms with Crippen LogP contribution in [0.1, 0.15) is 46.6 Å². The molecule has 1 aromatic rings. The normalized spacial score (nSPS) is 14.3. The van der Waals surface area contributed by atoms with Crippen molar-refractivity contribution in [1.29, 1.82) is 0 Å². The first-order valence-electron chi connectivity index (χ1n) is 8.83. The van der Waals surface area contributed by atoms with Crippen LogP contribution in [0.25, 0.3) is 0 Å². The van der Waals surface area contributed by atoms with E-state index in [1.807, 2.05) is 13.8 Å². The van der Waals surface area contributed by atoms with E-state index in [1.54, 1.807) is 39.0 Å². The topological polar surface area (TPSA) is 130 Å². The van der Waals surface area contributed by atoms with E-state index in [9.17, 15) is 18.0 Å². The zero-order chi connectivity index (χ0) is 20.8. The van der Waals surface area contributed by atoms with Gasteiger partial charge in [0.2, 0.25) is 15.9 Å². The van der Waals surface area contributed by atoms with Crippen LogP contribution in [0.2, 0.25) is 0 Å². The van der Waals surface area contributed by atoms with Crippen LogP contribution < -0.4 is 21.1 Å². The molecular weight excluding hydrogens is 368 g/mol. The van der Waals surface area contributed by atoms with Crippen LogP contribution in [0.4, 0.5) is 4.79 Å². The van der Waals surface area contributed by atoms with E-state index in [2.05, 4.69) is 15.4 Å². The lowest BCUT2D eigenvalue weighted by atomic mass is 9.98. The van der Waals surface area contributed by atoms with Crippen molar-refractivity contribution in [2.24, 2.45) is 11.7 Å². The lowest BCUT2D eigenvalue weighted by Crippen LogP contribution is -2.51. The number of urea groups is 1. The number of nitrogens with one attached hydrogen (secondary N) is 3. The number of benzene rings is 1. The summed E-state index contributed by atoms with van der Waals surface area (Å²) in [6.07, 6.45) is 0.666. The smallest absolute Gasteiger partial charge is 0.312 e. The highest BCUT2D eigenvalue weighted by Crippen LogP contribution is 2.18. The summed E-state index contributed by atoms with van der Waals surface area (Å²) in [5, 5.41) is 5.13. The number of rotatable bonds is 8. The van der Waals surface area contributed by atoms with Crippen LogP contribution in [-0.4, -0.2) is 31.9 Å². The fourth-order valence-corrected chi connectivity index (χ4v) is 4.18. The molecule has 9 heteroatoms. The number of nitrogens with two attached hydrogens (primary N) is 1. The first kappa shape index (κ1) is 22.9. The number of primary amides is 1. The quantitative estimate of drug-likeness (QED) is 0.528. The molecule has 0 unspecified atom stereocenters. The molecule has 2 atom stereocenters. The van der Waals surface area contributed by atoms with Gasteiger partial charge in [-0.1, -0.05) is 38.5 Å². The fraction of sp³-hybridized carbons (Fsp3) is 0.556. The van der Waals surface area contributed by atoms with Crippen molar-refractivity contribution in [3.63, 3.8) is 0 Å². The highest BCUT2D eigenvalue weighted by molar-refractivity contribution is 7.89. The summed E-state index contributed by atoms with van der Waals surface area (Å²) in [5.74, 6) is -0.543. The van der Waals surface area contributed by atoms with E-state index in [1.165, 1.54) is 6.07 Å². The van der Waals surface area contributed by atoms with Gasteiger partial charge in [0, 0.05) is 12.1 Å². The van der Waals surface area contributed by atoms with Crippen LogP contribution in [0, 0.1) is 5.92 Å². The Morgan fingerprint density at radius 2 is 1.78 bits per heavy atom. The van der Waals surface area contributed by atoms with Gasteiger partial charge in [-0.25, -0.2) is 17.9 Å². The summed E-state index contributed by atoms with van der Waals surface area (Å²) in [4.78, 5) is 23.8. The fourth-order valence-electron chi connectivity index (χ4n) is 2.52. The van der Waals surface area contributed by atoms with Gasteiger partial charge >= 0.3 is 6.03 Å². The molecule has 0 aliphatic heterocycles. The Hall–Kier alpha value is -2.13. The Morgan fingerprint density at radius 3 is 2.30 bits per heavy atom. The molecule has 27 heavy (non-hydrogen) atoms. The Balaban J connectivity index is 3.00. The third-order valence-electron chi connectivity index (χ3n) is 3.95. The molecular formula is C18H30N4O4S. The predicted octanol–water partition coefficient (Wildman–Crippen LogP) is 1.46. The number of sulfonamides is 1. The van der Waals surface area contributed by atoms with Crippen molar-refractivity contribution < 1.29 is 18.0 Å². The zero-order valence-electron chi connectivity index (χ0n) is 16.5. The molecule has 1 aromatic carbocycles. The van der Waals surface area contributed by atoms with Gasteiger partial charge < -0.3 is 16.4 Å². The van der Waals surface area contributed by atoms with Crippen molar-refractivity contribution >= 4 is 22.0 Å². The van der Waals surface area contributed by atoms with Crippen LogP contribution in [0.15, 0.2) is 29.2 Å². The lowest BCUT2D eigenvalue weighted by Gasteiger charge is -2.23. The molecule has 0 saturated carbocycles. The maximum Gasteiger partial charge on any atom is 0.312 e. The molecule has 0 bridgehead atoms. The van der Waals surface area contributed by atoms with Crippen molar-refractivity contribution in [1.82, 2.24) is 15.4 Å². The van der Waals surface area contributed by atoms with Crippen molar-refractivity contribution in [3.8, 4) is 0 Å². The average molecular weight is 399 g/mol. The Bertz CT molecular complexity index is 772. The zero-order valence-corrected chi connectivity index (χ0v) is 17.3. The number of hydrogen-bond donors (Lipinski definition) is 4. The van der Waals surface area contributed by atoms with Crippen LogP contribution >= 0.6 is 0 Å². The molecule has 0 fully saturated rings. The largest absolute Gasteiger partial charge is 0.352 e. The van der Waals surface area contributed by atoms with Crippen LogP contribution in [0.3, 0.4) is 0 Å². The molecule has 3 amide bonds. The highest BCUT2D eigenvalue weighted by Gasteiger charge is 2.27. The summed E-state index contributed by atoms with van der Waals surface area (Å²) >= 11 is 0. The standard InChI is InChI=1S/C18H30N4O4S/c1-6-12(2)15(21-17(19)24)16(23)20-11-13-9-7-8-10-14(13)27(25,26)22-18(3,4)5/h7-10,12,15,22H,6,11H2,1-5H3,(H,20,23)(H3,19,21,24)/t12-,15+/m1/s1. The molecule has 0 saturated heterocycles. The van der Waals surface area contributed by atoms with Crippen molar-refractivity contribution in [3.05, 3.63) is 29.8 Å². The van der Waals surface area contributed by atoms with Crippen LogP contribution in [0.5, 0.6) is 0 Å². The van der Waals surface area contributed by atoms with Gasteiger partial charge in [-0.05, 0) is 38.3 Å². The maximum atomic E-state index is 12.6. The van der Waals surface area contributed by atoms with Gasteiger partial charge in [-0.3, -0.25) is 4.79 Å². The van der Waals surface area contributed by atoms with Gasteiger partial charge in [-0.15, -0.1) is 0 Å². The first-order chi connectivity index (χ1) is 12.4. The summed E-state index contributed by atoms with van der Waals surface area (Å²) in [6.45, 7) is 8.98. The Kier molecular flexibility index (Phi) is 7.79. The molecule has 0 radical (unpaired) electrons. The van der Waals surface area contributed by atoms with E-state index >= 15 is 0 Å². The number of carbonyl (C=O) groups is 2. The predicted molar refractivity (Wildman–Crippen MR) is 104 cm³/mol. The lowest BCUT2D eigenvalue weighted by molar-refractivity contribution is -0.124. The van der Waals surface area contributed by atoms with E-state index in [4.69, 9.17) is 5.73 Å². The van der Waals surface area contributed by atoms with E-state index in [-0.39, 0.29) is 17.4 Å². The van der Waals surface area contributed by atoms with Crippen molar-refractivity contribution in [2.75, 3.05) is 0 Å². The van der Waals surface area contributed by atoms with Gasteiger partial charge in [0.05, 0.1) is 4.90 Å². The molecule has 0 heterocycles. The minimum Gasteiger partial charge on any atom is -0.352 e. The molecule has 8 nitrogen and oxygen atoms in total. The summed E-state index contributed by atoms with van der Waals surface area (Å²) in [5.41, 5.74) is 4.97. The Labute approximate surface area is 161 Å². The second-order valence-electron chi connectivity index (χ2n) is 7.55. The maximum absolute atomic E-state index is 12.6. The SMILES string of the molecule is CC[C@@H](C)[C@H](NC(N)=O)C(=O)NCc1ccccc1S(=O)(=O)NC(C)(C)C. The minimum absolute atomic E-state index is 0.00738. The van der Waals surface area contributed by atoms with Crippen molar-refractivity contribution in [2.45, 2.75) is 64.1 Å². The third kappa shape index (κ3) is 7.18. The summed E-state index contributed by atoms with van der Waals surface area (Å²) < 4.78 is 27.9. The first-order valence-corrected chi connectivity index (χ1v) is 10.3. The van der Waals surface area contributed by atoms with Gasteiger partial charge in [0.1, 0.15) is 6.04 Å². The van der Waals surface area contributed by atoms with Crippen LogP contribution in [-0.2, 0) is 21.4 Å². The number of amides is 3. The molecule has 5 N–H and O–H groups in total. The van der Waals surface area contributed by atoms with E-state index < -0.39 is 33.5 Å². The molecule has 152 valence electrons. The monoisotopic (exact) mass is 398 g/mol. The molecule has 0 aromatic heterocycles. The molecule has 1 rings (SSSR count). The summed E-state index contributed by atoms with van der Waals surface area (Å²) in [6, 6.07) is 4.88. The summed E-state index contributed by atoms with van der Waals surface area (Å²) in [7, 11) is -3.75. The third-order valence-corrected chi connectivity index (χ3v) is 5.81. The Morgan fingerprint density at radius 1 is 1.19 bits per heavy atom.